The van der Waals surface area contributed by atoms with Crippen LogP contribution in [0.25, 0.3) is 11.0 Å². The highest BCUT2D eigenvalue weighted by atomic mass is 19.1. The second-order valence-corrected chi connectivity index (χ2v) is 7.15. The number of aliphatic carboxylic acids is 1. The van der Waals surface area contributed by atoms with Gasteiger partial charge in [-0.05, 0) is 43.3 Å². The Kier molecular flexibility index (Phi) is 9.89. The molecule has 0 bridgehead atoms. The lowest BCUT2D eigenvalue weighted by Crippen LogP contribution is -2.28. The van der Waals surface area contributed by atoms with Crippen LogP contribution in [0.3, 0.4) is 0 Å². The molecule has 1 heterocycles. The van der Waals surface area contributed by atoms with Gasteiger partial charge in [-0.3, -0.25) is 4.79 Å². The molecule has 0 aliphatic rings. The van der Waals surface area contributed by atoms with Gasteiger partial charge in [0.15, 0.2) is 0 Å². The van der Waals surface area contributed by atoms with Crippen LogP contribution in [-0.4, -0.2) is 40.6 Å². The maximum absolute atomic E-state index is 13.1. The van der Waals surface area contributed by atoms with Gasteiger partial charge in [-0.1, -0.05) is 20.8 Å². The third-order valence-electron chi connectivity index (χ3n) is 5.07. The number of halogens is 1. The number of carbonyl (C=O) groups is 1. The number of fused-ring (bicyclic) bond motifs is 1. The van der Waals surface area contributed by atoms with E-state index in [-0.39, 0.29) is 12.1 Å². The molecule has 0 saturated heterocycles. The van der Waals surface area contributed by atoms with Gasteiger partial charge in [-0.15, -0.1) is 0 Å². The zero-order valence-corrected chi connectivity index (χ0v) is 19.4. The highest BCUT2D eigenvalue weighted by Crippen LogP contribution is 2.27. The summed E-state index contributed by atoms with van der Waals surface area (Å²) in [6.07, 6.45) is 0.207. The number of carboxylic acid groups (broad SMARTS) is 1. The largest absolute Gasteiger partial charge is 0.482 e. The van der Waals surface area contributed by atoms with E-state index < -0.39 is 18.5 Å². The summed E-state index contributed by atoms with van der Waals surface area (Å²) in [6, 6.07) is 11.1. The van der Waals surface area contributed by atoms with E-state index in [9.17, 15) is 19.6 Å². The summed E-state index contributed by atoms with van der Waals surface area (Å²) < 4.78 is 26.4. The van der Waals surface area contributed by atoms with E-state index in [0.717, 1.165) is 5.52 Å². The predicted molar refractivity (Wildman–Crippen MR) is 126 cm³/mol. The summed E-state index contributed by atoms with van der Waals surface area (Å²) in [5.74, 6) is 1.60. The highest BCUT2D eigenvalue weighted by molar-refractivity contribution is 6.70. The lowest BCUT2D eigenvalue weighted by Gasteiger charge is -2.13. The molecule has 0 amide bonds. The van der Waals surface area contributed by atoms with Gasteiger partial charge in [0, 0.05) is 37.3 Å². The molecule has 1 unspecified atom stereocenters. The number of rotatable bonds is 10. The highest BCUT2D eigenvalue weighted by Gasteiger charge is 2.30. The molecule has 1 aromatic heterocycles. The van der Waals surface area contributed by atoms with Crippen LogP contribution in [0, 0.1) is 17.0 Å². The Morgan fingerprint density at radius 2 is 1.91 bits per heavy atom. The molecule has 2 aromatic carbocycles. The number of hydrogen-bond acceptors (Lipinski definition) is 5. The van der Waals surface area contributed by atoms with Crippen molar-refractivity contribution in [1.82, 2.24) is 9.55 Å². The Labute approximate surface area is 193 Å². The van der Waals surface area contributed by atoms with E-state index in [1.165, 1.54) is 19.1 Å². The topological polar surface area (TPSA) is 97.4 Å². The summed E-state index contributed by atoms with van der Waals surface area (Å²) in [5.41, 5.74) is 1.49. The van der Waals surface area contributed by atoms with Crippen molar-refractivity contribution in [1.29, 1.82) is 5.26 Å². The summed E-state index contributed by atoms with van der Waals surface area (Å²) in [7, 11) is 0. The molecule has 33 heavy (non-hydrogen) atoms. The van der Waals surface area contributed by atoms with Crippen molar-refractivity contribution < 1.29 is 23.8 Å². The summed E-state index contributed by atoms with van der Waals surface area (Å²) in [6.45, 7) is 8.23. The molecule has 7 nitrogen and oxygen atoms in total. The summed E-state index contributed by atoms with van der Waals surface area (Å²) in [5, 5.41) is 18.8. The van der Waals surface area contributed by atoms with Gasteiger partial charge in [-0.2, -0.15) is 0 Å². The van der Waals surface area contributed by atoms with Crippen molar-refractivity contribution >= 4 is 23.7 Å². The molecule has 0 aliphatic carbocycles. The predicted octanol–water partition coefficient (Wildman–Crippen LogP) is 5.14. The van der Waals surface area contributed by atoms with E-state index >= 15 is 0 Å². The smallest absolute Gasteiger partial charge is 0.300 e. The molecule has 0 aliphatic heterocycles. The molecular formula is C24H29BFN3O4. The van der Waals surface area contributed by atoms with Crippen molar-refractivity contribution in [2.24, 2.45) is 0 Å². The van der Waals surface area contributed by atoms with Crippen molar-refractivity contribution in [3.63, 3.8) is 0 Å². The number of benzene rings is 2. The van der Waals surface area contributed by atoms with Gasteiger partial charge in [0.05, 0.1) is 17.6 Å². The third kappa shape index (κ3) is 6.80. The van der Waals surface area contributed by atoms with Gasteiger partial charge in [-0.25, -0.2) is 14.6 Å². The van der Waals surface area contributed by atoms with Crippen LogP contribution in [0.4, 0.5) is 4.39 Å². The summed E-state index contributed by atoms with van der Waals surface area (Å²) >= 11 is 0. The Bertz CT molecular complexity index is 1100. The van der Waals surface area contributed by atoms with Crippen molar-refractivity contribution in [2.45, 2.75) is 46.4 Å². The minimum atomic E-state index is -1.02. The number of imidazole rings is 1. The number of nitriles is 1. The van der Waals surface area contributed by atoms with Crippen molar-refractivity contribution in [3.05, 3.63) is 54.1 Å². The molecule has 1 N–H and O–H groups in total. The van der Waals surface area contributed by atoms with Gasteiger partial charge in [0.1, 0.15) is 23.1 Å². The molecule has 0 fully saturated rings. The SMILES string of the molecule is CC.CCOCCn1c(CB(C#N)C(C)C(=O)O)nc2ccc(Oc3ccc(F)cc3)cc21. The van der Waals surface area contributed by atoms with E-state index in [2.05, 4.69) is 11.0 Å². The lowest BCUT2D eigenvalue weighted by atomic mass is 9.40. The first-order valence-electron chi connectivity index (χ1n) is 11.1. The quantitative estimate of drug-likeness (QED) is 0.337. The fraction of sp³-hybridized carbons (Fsp3) is 0.375. The van der Waals surface area contributed by atoms with Crippen LogP contribution in [0.1, 0.15) is 33.5 Å². The van der Waals surface area contributed by atoms with Crippen molar-refractivity contribution in [3.8, 4) is 17.5 Å². The second kappa shape index (κ2) is 12.6. The fourth-order valence-corrected chi connectivity index (χ4v) is 3.26. The number of hydrogen-bond donors (Lipinski definition) is 1. The first-order chi connectivity index (χ1) is 15.9. The van der Waals surface area contributed by atoms with Gasteiger partial charge >= 0.3 is 0 Å². The number of aromatic nitrogens is 2. The molecule has 174 valence electrons. The van der Waals surface area contributed by atoms with Crippen LogP contribution in [-0.2, 0) is 22.4 Å². The van der Waals surface area contributed by atoms with E-state index in [0.29, 0.717) is 42.6 Å². The van der Waals surface area contributed by atoms with Crippen molar-refractivity contribution in [2.75, 3.05) is 13.2 Å². The van der Waals surface area contributed by atoms with E-state index in [1.54, 1.807) is 24.3 Å². The van der Waals surface area contributed by atoms with Crippen LogP contribution in [0.5, 0.6) is 11.5 Å². The maximum Gasteiger partial charge on any atom is 0.300 e. The number of ether oxygens (including phenoxy) is 2. The average molecular weight is 453 g/mol. The zero-order chi connectivity index (χ0) is 24.4. The fourth-order valence-electron chi connectivity index (χ4n) is 3.26. The lowest BCUT2D eigenvalue weighted by molar-refractivity contribution is -0.136. The molecule has 3 aromatic rings. The summed E-state index contributed by atoms with van der Waals surface area (Å²) in [4.78, 5) is 16.0. The van der Waals surface area contributed by atoms with E-state index in [1.807, 2.05) is 31.4 Å². The minimum Gasteiger partial charge on any atom is -0.482 e. The number of carboxylic acids is 1. The second-order valence-electron chi connectivity index (χ2n) is 7.15. The molecular weight excluding hydrogens is 424 g/mol. The van der Waals surface area contributed by atoms with Gasteiger partial charge in [0.2, 0.25) is 0 Å². The van der Waals surface area contributed by atoms with Crippen LogP contribution < -0.4 is 4.74 Å². The Morgan fingerprint density at radius 1 is 1.24 bits per heavy atom. The Morgan fingerprint density at radius 3 is 2.52 bits per heavy atom. The average Bonchev–Trinajstić information content (AvgIpc) is 3.16. The first-order valence-corrected chi connectivity index (χ1v) is 11.1. The van der Waals surface area contributed by atoms with Crippen LogP contribution >= 0.6 is 0 Å². The first kappa shape index (κ1) is 25.9. The molecule has 1 atom stereocenters. The monoisotopic (exact) mass is 453 g/mol. The Balaban J connectivity index is 0.00000187. The van der Waals surface area contributed by atoms with Gasteiger partial charge in [0.25, 0.3) is 12.7 Å². The van der Waals surface area contributed by atoms with Gasteiger partial charge < -0.3 is 19.1 Å². The maximum atomic E-state index is 13.1. The number of nitrogens with zero attached hydrogens (tertiary/aromatic N) is 3. The van der Waals surface area contributed by atoms with Crippen LogP contribution in [0.2, 0.25) is 5.82 Å². The minimum absolute atomic E-state index is 0.207. The molecule has 9 heteroatoms. The zero-order valence-electron chi connectivity index (χ0n) is 19.4. The molecule has 0 radical (unpaired) electrons. The third-order valence-corrected chi connectivity index (χ3v) is 5.07. The molecule has 3 rings (SSSR count). The normalized spacial score (nSPS) is 11.3. The molecule has 0 spiro atoms. The standard InChI is InChI=1S/C22H23BFN3O4.C2H6/c1-3-30-11-10-27-20-12-18(31-17-6-4-16(24)5-7-17)8-9-19(20)26-21(27)13-23(14-25)15(2)22(28)29;1-2/h4-9,12,15H,3,10-11,13H2,1-2H3,(H,28,29);1-2H3. The van der Waals surface area contributed by atoms with E-state index in [4.69, 9.17) is 9.47 Å². The molecule has 0 saturated carbocycles. The van der Waals surface area contributed by atoms with Crippen LogP contribution in [0.15, 0.2) is 42.5 Å². The Hall–Kier alpha value is -3.38.